The second kappa shape index (κ2) is 6.99. The zero-order valence-electron chi connectivity index (χ0n) is 12.3. The number of β-amino-alcohol motifs (C(OH)–C–C–N with tert-alkyl or cyclic N) is 1. The van der Waals surface area contributed by atoms with Crippen LogP contribution in [0.5, 0.6) is 0 Å². The quantitative estimate of drug-likeness (QED) is 0.843. The molecule has 124 valence electrons. The Balaban J connectivity index is 1.97. The highest BCUT2D eigenvalue weighted by Crippen LogP contribution is 2.21. The number of piperidine rings is 1. The van der Waals surface area contributed by atoms with Crippen LogP contribution in [0, 0.1) is 11.6 Å². The van der Waals surface area contributed by atoms with E-state index in [1.165, 1.54) is 6.07 Å². The molecule has 1 fully saturated rings. The van der Waals surface area contributed by atoms with E-state index in [-0.39, 0.29) is 18.2 Å². The van der Waals surface area contributed by atoms with Gasteiger partial charge in [0.1, 0.15) is 11.6 Å². The van der Waals surface area contributed by atoms with Crippen LogP contribution >= 0.6 is 0 Å². The van der Waals surface area contributed by atoms with Gasteiger partial charge in [0.15, 0.2) is 0 Å². The Morgan fingerprint density at radius 2 is 2.18 bits per heavy atom. The van der Waals surface area contributed by atoms with Gasteiger partial charge in [-0.05, 0) is 25.5 Å². The molecule has 2 atom stereocenters. The summed E-state index contributed by atoms with van der Waals surface area (Å²) in [5, 5.41) is 10.1. The number of aliphatic hydroxyl groups excluding tert-OH is 1. The molecule has 0 aromatic heterocycles. The van der Waals surface area contributed by atoms with Crippen LogP contribution in [0.3, 0.4) is 0 Å². The number of aliphatic hydroxyl groups is 1. The van der Waals surface area contributed by atoms with Gasteiger partial charge in [0, 0.05) is 30.8 Å². The summed E-state index contributed by atoms with van der Waals surface area (Å²) in [5.41, 5.74) is 0.0413. The van der Waals surface area contributed by atoms with Gasteiger partial charge in [-0.1, -0.05) is 6.07 Å². The lowest BCUT2D eigenvalue weighted by Gasteiger charge is -2.34. The number of hydrogen-bond donors (Lipinski definition) is 2. The number of benzene rings is 1. The molecule has 2 rings (SSSR count). The minimum atomic E-state index is -3.28. The fourth-order valence-corrected chi connectivity index (χ4v) is 3.53. The van der Waals surface area contributed by atoms with Crippen molar-refractivity contribution >= 4 is 10.0 Å². The van der Waals surface area contributed by atoms with Crippen LogP contribution in [0.25, 0.3) is 0 Å². The minimum absolute atomic E-state index is 0.0413. The number of sulfonamides is 1. The van der Waals surface area contributed by atoms with Crippen LogP contribution in [0.15, 0.2) is 18.2 Å². The molecule has 22 heavy (non-hydrogen) atoms. The molecule has 0 spiro atoms. The van der Waals surface area contributed by atoms with Gasteiger partial charge in [0.2, 0.25) is 10.0 Å². The van der Waals surface area contributed by atoms with Crippen molar-refractivity contribution in [2.75, 3.05) is 25.9 Å². The Kier molecular flexibility index (Phi) is 5.49. The van der Waals surface area contributed by atoms with Gasteiger partial charge >= 0.3 is 0 Å². The molecule has 0 aliphatic carbocycles. The van der Waals surface area contributed by atoms with Crippen LogP contribution in [0.4, 0.5) is 8.78 Å². The molecule has 1 saturated heterocycles. The van der Waals surface area contributed by atoms with Gasteiger partial charge in [0.05, 0.1) is 12.4 Å². The van der Waals surface area contributed by atoms with Crippen molar-refractivity contribution in [3.63, 3.8) is 0 Å². The summed E-state index contributed by atoms with van der Waals surface area (Å²) in [6.45, 7) is 1.32. The largest absolute Gasteiger partial charge is 0.387 e. The summed E-state index contributed by atoms with van der Waals surface area (Å²) in [5.74, 6) is -1.47. The third-order valence-corrected chi connectivity index (χ3v) is 4.40. The number of halogens is 2. The lowest BCUT2D eigenvalue weighted by Crippen LogP contribution is -2.48. The molecule has 0 amide bonds. The van der Waals surface area contributed by atoms with Crippen LogP contribution in [-0.4, -0.2) is 50.4 Å². The maximum Gasteiger partial charge on any atom is 0.208 e. The monoisotopic (exact) mass is 334 g/mol. The van der Waals surface area contributed by atoms with Crippen molar-refractivity contribution in [1.82, 2.24) is 9.62 Å². The van der Waals surface area contributed by atoms with Gasteiger partial charge in [-0.3, -0.25) is 4.90 Å². The molecule has 1 aromatic rings. The lowest BCUT2D eigenvalue weighted by molar-refractivity contribution is 0.0918. The Morgan fingerprint density at radius 1 is 1.45 bits per heavy atom. The number of nitrogens with zero attached hydrogens (tertiary/aromatic N) is 1. The molecule has 1 aromatic carbocycles. The average molecular weight is 334 g/mol. The smallest absolute Gasteiger partial charge is 0.208 e. The Morgan fingerprint density at radius 3 is 2.82 bits per heavy atom. The van der Waals surface area contributed by atoms with E-state index < -0.39 is 27.8 Å². The van der Waals surface area contributed by atoms with Crippen molar-refractivity contribution in [1.29, 1.82) is 0 Å². The number of likely N-dealkylation sites (tertiary alicyclic amines) is 1. The first kappa shape index (κ1) is 17.3. The zero-order chi connectivity index (χ0) is 16.3. The van der Waals surface area contributed by atoms with E-state index in [1.54, 1.807) is 0 Å². The third-order valence-electron chi connectivity index (χ3n) is 3.64. The maximum absolute atomic E-state index is 13.6. The molecular weight excluding hydrogens is 314 g/mol. The summed E-state index contributed by atoms with van der Waals surface area (Å²) < 4.78 is 51.6. The Hall–Kier alpha value is -1.09. The van der Waals surface area contributed by atoms with E-state index >= 15 is 0 Å². The van der Waals surface area contributed by atoms with Crippen LogP contribution < -0.4 is 4.72 Å². The highest BCUT2D eigenvalue weighted by molar-refractivity contribution is 7.88. The van der Waals surface area contributed by atoms with E-state index in [2.05, 4.69) is 4.72 Å². The van der Waals surface area contributed by atoms with Crippen LogP contribution in [-0.2, 0) is 10.0 Å². The van der Waals surface area contributed by atoms with Gasteiger partial charge < -0.3 is 5.11 Å². The summed E-state index contributed by atoms with van der Waals surface area (Å²) in [6.07, 6.45) is 1.53. The van der Waals surface area contributed by atoms with E-state index in [1.807, 2.05) is 4.90 Å². The van der Waals surface area contributed by atoms with E-state index in [0.717, 1.165) is 31.2 Å². The second-order valence-corrected chi connectivity index (χ2v) is 7.45. The predicted molar refractivity (Wildman–Crippen MR) is 78.8 cm³/mol. The Labute approximate surface area is 129 Å². The van der Waals surface area contributed by atoms with E-state index in [9.17, 15) is 22.3 Å². The standard InChI is InChI=1S/C14H20F2N2O3S/c1-22(20,21)17-11-3-2-6-18(8-11)9-14(19)12-5-4-10(15)7-13(12)16/h4-5,7,11,14,17,19H,2-3,6,8-9H2,1H3. The topological polar surface area (TPSA) is 69.6 Å². The average Bonchev–Trinajstić information content (AvgIpc) is 2.36. The van der Waals surface area contributed by atoms with Crippen LogP contribution in [0.1, 0.15) is 24.5 Å². The number of nitrogens with one attached hydrogen (secondary N) is 1. The number of hydrogen-bond acceptors (Lipinski definition) is 4. The highest BCUT2D eigenvalue weighted by atomic mass is 32.2. The SMILES string of the molecule is CS(=O)(=O)NC1CCCN(CC(O)c2ccc(F)cc2F)C1. The first-order chi connectivity index (χ1) is 10.2. The van der Waals surface area contributed by atoms with Crippen molar-refractivity contribution in [2.24, 2.45) is 0 Å². The van der Waals surface area contributed by atoms with Gasteiger partial charge in [0.25, 0.3) is 0 Å². The lowest BCUT2D eigenvalue weighted by atomic mass is 10.0. The third kappa shape index (κ3) is 4.98. The summed E-state index contributed by atoms with van der Waals surface area (Å²) >= 11 is 0. The molecular formula is C14H20F2N2O3S. The zero-order valence-corrected chi connectivity index (χ0v) is 13.1. The van der Waals surface area contributed by atoms with Crippen molar-refractivity contribution in [2.45, 2.75) is 25.0 Å². The fourth-order valence-electron chi connectivity index (χ4n) is 2.73. The maximum atomic E-state index is 13.6. The van der Waals surface area contributed by atoms with E-state index in [4.69, 9.17) is 0 Å². The van der Waals surface area contributed by atoms with Crippen molar-refractivity contribution < 1.29 is 22.3 Å². The molecule has 1 aliphatic heterocycles. The van der Waals surface area contributed by atoms with Crippen molar-refractivity contribution in [3.8, 4) is 0 Å². The summed E-state index contributed by atoms with van der Waals surface area (Å²) in [4.78, 5) is 1.87. The minimum Gasteiger partial charge on any atom is -0.387 e. The first-order valence-electron chi connectivity index (χ1n) is 7.07. The molecule has 0 saturated carbocycles. The molecule has 5 nitrogen and oxygen atoms in total. The van der Waals surface area contributed by atoms with E-state index in [0.29, 0.717) is 13.1 Å². The fraction of sp³-hybridized carbons (Fsp3) is 0.571. The normalized spacial score (nSPS) is 21.7. The van der Waals surface area contributed by atoms with Crippen molar-refractivity contribution in [3.05, 3.63) is 35.4 Å². The summed E-state index contributed by atoms with van der Waals surface area (Å²) in [6, 6.07) is 2.86. The van der Waals surface area contributed by atoms with Gasteiger partial charge in [-0.25, -0.2) is 21.9 Å². The predicted octanol–water partition coefficient (Wildman–Crippen LogP) is 1.01. The molecule has 1 heterocycles. The molecule has 0 bridgehead atoms. The highest BCUT2D eigenvalue weighted by Gasteiger charge is 2.25. The molecule has 0 radical (unpaired) electrons. The molecule has 8 heteroatoms. The first-order valence-corrected chi connectivity index (χ1v) is 8.96. The Bertz CT molecular complexity index is 625. The molecule has 2 N–H and O–H groups in total. The van der Waals surface area contributed by atoms with Crippen LogP contribution in [0.2, 0.25) is 0 Å². The number of rotatable bonds is 5. The molecule has 2 unspecified atom stereocenters. The summed E-state index contributed by atoms with van der Waals surface area (Å²) in [7, 11) is -3.28. The molecule has 1 aliphatic rings. The van der Waals surface area contributed by atoms with Gasteiger partial charge in [-0.15, -0.1) is 0 Å². The second-order valence-electron chi connectivity index (χ2n) is 5.67. The van der Waals surface area contributed by atoms with Gasteiger partial charge in [-0.2, -0.15) is 0 Å².